The standard InChI is InChI=1S/C19H23N7S/c20-14-4-1-2-6-17(14)25-10-12-26(13-11-25)19(27)24-23-16-7-9-21-15-5-3-8-22-18(15)16/h1-6,8,21H,7,9-13,20H2,(H,24,27)/b23-16-. The predicted octanol–water partition coefficient (Wildman–Crippen LogP) is 1.88. The highest BCUT2D eigenvalue weighted by atomic mass is 32.1. The average Bonchev–Trinajstić information content (AvgIpc) is 2.72. The monoisotopic (exact) mass is 381 g/mol. The number of anilines is 3. The summed E-state index contributed by atoms with van der Waals surface area (Å²) in [6.45, 7) is 4.27. The molecule has 0 aliphatic carbocycles. The Morgan fingerprint density at radius 2 is 1.96 bits per heavy atom. The summed E-state index contributed by atoms with van der Waals surface area (Å²) in [7, 11) is 0. The maximum absolute atomic E-state index is 6.09. The molecule has 2 aromatic rings. The zero-order valence-electron chi connectivity index (χ0n) is 15.1. The zero-order chi connectivity index (χ0) is 18.6. The number of benzene rings is 1. The van der Waals surface area contributed by atoms with Crippen LogP contribution in [0.4, 0.5) is 17.1 Å². The smallest absolute Gasteiger partial charge is 0.189 e. The third-order valence-electron chi connectivity index (χ3n) is 4.89. The summed E-state index contributed by atoms with van der Waals surface area (Å²) in [5.74, 6) is 0. The Morgan fingerprint density at radius 1 is 1.15 bits per heavy atom. The van der Waals surface area contributed by atoms with Gasteiger partial charge in [0, 0.05) is 45.3 Å². The largest absolute Gasteiger partial charge is 0.397 e. The number of hydrogen-bond acceptors (Lipinski definition) is 6. The number of hydrogen-bond donors (Lipinski definition) is 3. The molecule has 2 aliphatic heterocycles. The summed E-state index contributed by atoms with van der Waals surface area (Å²) in [5, 5.41) is 8.53. The molecule has 0 atom stereocenters. The van der Waals surface area contributed by atoms with E-state index in [-0.39, 0.29) is 0 Å². The van der Waals surface area contributed by atoms with Crippen molar-refractivity contribution in [1.82, 2.24) is 15.3 Å². The first-order chi connectivity index (χ1) is 13.2. The Bertz CT molecular complexity index is 859. The lowest BCUT2D eigenvalue weighted by molar-refractivity contribution is 0.381. The second kappa shape index (κ2) is 7.79. The number of hydrazone groups is 1. The van der Waals surface area contributed by atoms with Crippen molar-refractivity contribution in [3.05, 3.63) is 48.3 Å². The highest BCUT2D eigenvalue weighted by molar-refractivity contribution is 7.80. The predicted molar refractivity (Wildman–Crippen MR) is 114 cm³/mol. The molecule has 4 rings (SSSR count). The van der Waals surface area contributed by atoms with E-state index in [1.807, 2.05) is 30.3 Å². The van der Waals surface area contributed by atoms with Gasteiger partial charge in [0.05, 0.1) is 22.8 Å². The minimum Gasteiger partial charge on any atom is -0.397 e. The molecule has 1 fully saturated rings. The van der Waals surface area contributed by atoms with E-state index in [1.165, 1.54) is 0 Å². The highest BCUT2D eigenvalue weighted by Crippen LogP contribution is 2.23. The zero-order valence-corrected chi connectivity index (χ0v) is 15.9. The minimum atomic E-state index is 0.652. The molecule has 8 heteroatoms. The van der Waals surface area contributed by atoms with Gasteiger partial charge in [-0.05, 0) is 36.5 Å². The fourth-order valence-electron chi connectivity index (χ4n) is 3.43. The molecule has 0 spiro atoms. The van der Waals surface area contributed by atoms with Crippen LogP contribution in [0.1, 0.15) is 12.1 Å². The SMILES string of the molecule is Nc1ccccc1N1CCN(C(=S)N/N=C2/CCNc3cccnc32)CC1. The summed E-state index contributed by atoms with van der Waals surface area (Å²) in [5.41, 5.74) is 13.9. The van der Waals surface area contributed by atoms with Crippen molar-refractivity contribution in [2.45, 2.75) is 6.42 Å². The van der Waals surface area contributed by atoms with E-state index in [4.69, 9.17) is 18.0 Å². The number of rotatable bonds is 2. The molecule has 0 unspecified atom stereocenters. The van der Waals surface area contributed by atoms with Gasteiger partial charge in [-0.1, -0.05) is 12.1 Å². The first-order valence-electron chi connectivity index (χ1n) is 9.12. The molecule has 1 aromatic carbocycles. The third-order valence-corrected chi connectivity index (χ3v) is 5.24. The molecule has 3 heterocycles. The number of nitrogen functional groups attached to an aromatic ring is 1. The topological polar surface area (TPSA) is 81.8 Å². The van der Waals surface area contributed by atoms with Crippen LogP contribution in [0.2, 0.25) is 0 Å². The maximum atomic E-state index is 6.09. The van der Waals surface area contributed by atoms with Crippen LogP contribution >= 0.6 is 12.2 Å². The number of para-hydroxylation sites is 2. The number of thiocarbonyl (C=S) groups is 1. The summed E-state index contributed by atoms with van der Waals surface area (Å²) < 4.78 is 0. The number of aromatic nitrogens is 1. The van der Waals surface area contributed by atoms with Gasteiger partial charge < -0.3 is 20.9 Å². The summed E-state index contributed by atoms with van der Waals surface area (Å²) in [6, 6.07) is 11.9. The van der Waals surface area contributed by atoms with Crippen LogP contribution in [-0.4, -0.2) is 53.4 Å². The molecule has 1 aromatic heterocycles. The Labute approximate surface area is 164 Å². The minimum absolute atomic E-state index is 0.652. The third kappa shape index (κ3) is 3.80. The molecule has 27 heavy (non-hydrogen) atoms. The van der Waals surface area contributed by atoms with E-state index >= 15 is 0 Å². The van der Waals surface area contributed by atoms with Crippen molar-refractivity contribution in [2.75, 3.05) is 48.7 Å². The molecule has 2 aliphatic rings. The fourth-order valence-corrected chi connectivity index (χ4v) is 3.66. The first kappa shape index (κ1) is 17.5. The van der Waals surface area contributed by atoms with Crippen LogP contribution in [0.5, 0.6) is 0 Å². The van der Waals surface area contributed by atoms with Gasteiger partial charge in [-0.2, -0.15) is 5.10 Å². The van der Waals surface area contributed by atoms with E-state index in [2.05, 4.69) is 36.7 Å². The van der Waals surface area contributed by atoms with Crippen molar-refractivity contribution < 1.29 is 0 Å². The van der Waals surface area contributed by atoms with Crippen LogP contribution in [0.25, 0.3) is 0 Å². The molecule has 0 radical (unpaired) electrons. The van der Waals surface area contributed by atoms with Gasteiger partial charge in [-0.3, -0.25) is 10.4 Å². The Kier molecular flexibility index (Phi) is 5.06. The van der Waals surface area contributed by atoms with Crippen molar-refractivity contribution in [3.63, 3.8) is 0 Å². The van der Waals surface area contributed by atoms with Crippen molar-refractivity contribution in [2.24, 2.45) is 5.10 Å². The lowest BCUT2D eigenvalue weighted by Crippen LogP contribution is -2.51. The van der Waals surface area contributed by atoms with E-state index in [0.717, 1.165) is 67.6 Å². The molecule has 1 saturated heterocycles. The fraction of sp³-hybridized carbons (Fsp3) is 0.316. The second-order valence-electron chi connectivity index (χ2n) is 6.58. The molecule has 7 nitrogen and oxygen atoms in total. The second-order valence-corrected chi connectivity index (χ2v) is 6.97. The molecule has 0 bridgehead atoms. The van der Waals surface area contributed by atoms with Crippen LogP contribution in [0.15, 0.2) is 47.7 Å². The van der Waals surface area contributed by atoms with Gasteiger partial charge in [-0.25, -0.2) is 0 Å². The van der Waals surface area contributed by atoms with Gasteiger partial charge in [0.15, 0.2) is 5.11 Å². The van der Waals surface area contributed by atoms with Gasteiger partial charge in [-0.15, -0.1) is 0 Å². The van der Waals surface area contributed by atoms with Crippen LogP contribution in [0.3, 0.4) is 0 Å². The van der Waals surface area contributed by atoms with Crippen LogP contribution < -0.4 is 21.4 Å². The number of piperazine rings is 1. The number of nitrogens with two attached hydrogens (primary N) is 1. The van der Waals surface area contributed by atoms with E-state index < -0.39 is 0 Å². The van der Waals surface area contributed by atoms with Gasteiger partial charge in [0.25, 0.3) is 0 Å². The van der Waals surface area contributed by atoms with Crippen molar-refractivity contribution >= 4 is 40.1 Å². The first-order valence-corrected chi connectivity index (χ1v) is 9.53. The van der Waals surface area contributed by atoms with Crippen molar-refractivity contribution in [1.29, 1.82) is 0 Å². The Balaban J connectivity index is 1.36. The van der Waals surface area contributed by atoms with Gasteiger partial charge in [0.2, 0.25) is 0 Å². The Morgan fingerprint density at radius 3 is 2.78 bits per heavy atom. The van der Waals surface area contributed by atoms with E-state index in [0.29, 0.717) is 5.11 Å². The summed E-state index contributed by atoms with van der Waals surface area (Å²) >= 11 is 5.55. The molecule has 0 saturated carbocycles. The molecular weight excluding hydrogens is 358 g/mol. The lowest BCUT2D eigenvalue weighted by atomic mass is 10.1. The number of nitrogens with one attached hydrogen (secondary N) is 2. The van der Waals surface area contributed by atoms with Crippen LogP contribution in [-0.2, 0) is 0 Å². The number of nitrogens with zero attached hydrogens (tertiary/aromatic N) is 4. The number of fused-ring (bicyclic) bond motifs is 1. The van der Waals surface area contributed by atoms with E-state index in [9.17, 15) is 0 Å². The molecule has 0 amide bonds. The molecule has 4 N–H and O–H groups in total. The summed E-state index contributed by atoms with van der Waals surface area (Å²) in [6.07, 6.45) is 2.61. The van der Waals surface area contributed by atoms with Crippen LogP contribution in [0, 0.1) is 0 Å². The summed E-state index contributed by atoms with van der Waals surface area (Å²) in [4.78, 5) is 8.88. The lowest BCUT2D eigenvalue weighted by Gasteiger charge is -2.37. The number of pyridine rings is 1. The Hall–Kier alpha value is -2.87. The molecular formula is C19H23N7S. The van der Waals surface area contributed by atoms with Gasteiger partial charge in [0.1, 0.15) is 5.69 Å². The molecule has 140 valence electrons. The average molecular weight is 382 g/mol. The van der Waals surface area contributed by atoms with Crippen molar-refractivity contribution in [3.8, 4) is 0 Å². The quantitative estimate of drug-likeness (QED) is 0.416. The normalized spacial score (nSPS) is 18.0. The van der Waals surface area contributed by atoms with E-state index in [1.54, 1.807) is 6.20 Å². The highest BCUT2D eigenvalue weighted by Gasteiger charge is 2.21. The maximum Gasteiger partial charge on any atom is 0.189 e. The van der Waals surface area contributed by atoms with Gasteiger partial charge >= 0.3 is 0 Å².